The number of para-hydroxylation sites is 1. The maximum atomic E-state index is 5.74. The minimum atomic E-state index is 0.686. The van der Waals surface area contributed by atoms with Gasteiger partial charge in [0.05, 0.1) is 0 Å². The summed E-state index contributed by atoms with van der Waals surface area (Å²) in [6.45, 7) is 3.71. The molecule has 4 aromatic rings. The number of fused-ring (bicyclic) bond motifs is 4. The normalized spacial score (nSPS) is 11.4. The van der Waals surface area contributed by atoms with Crippen LogP contribution in [0, 0.1) is 0 Å². The molecular weight excluding hydrogens is 304 g/mol. The van der Waals surface area contributed by atoms with Crippen molar-refractivity contribution < 1.29 is 0 Å². The lowest BCUT2D eigenvalue weighted by Crippen LogP contribution is -1.85. The summed E-state index contributed by atoms with van der Waals surface area (Å²) < 4.78 is 0. The zero-order valence-electron chi connectivity index (χ0n) is 14.0. The second-order valence-electron chi connectivity index (χ2n) is 6.19. The summed E-state index contributed by atoms with van der Waals surface area (Å²) in [4.78, 5) is 3.08. The Hall–Kier alpha value is -3.26. The molecule has 25 heavy (non-hydrogen) atoms. The Kier molecular flexibility index (Phi) is 3.87. The van der Waals surface area contributed by atoms with Gasteiger partial charge < -0.3 is 10.7 Å². The van der Waals surface area contributed by atoms with Crippen LogP contribution in [0.1, 0.15) is 16.7 Å². The van der Waals surface area contributed by atoms with Gasteiger partial charge in [-0.25, -0.2) is 0 Å². The standard InChI is InChI=1S/C13H10.C10H10N2/c1-3-7-12-10(5-1)9-11-6-2-4-8-13(11)12;1-2-7-8-5-3-4-6-9(8)12-10(7)11/h1-8H,9H2;2-6,12H,1,11H2. The predicted octanol–water partition coefficient (Wildman–Crippen LogP) is 5.65. The third-order valence-corrected chi connectivity index (χ3v) is 4.69. The molecule has 1 heterocycles. The van der Waals surface area contributed by atoms with Crippen LogP contribution in [0.5, 0.6) is 0 Å². The Balaban J connectivity index is 0.000000126. The van der Waals surface area contributed by atoms with E-state index in [2.05, 4.69) is 60.1 Å². The molecule has 3 N–H and O–H groups in total. The van der Waals surface area contributed by atoms with Crippen molar-refractivity contribution in [3.05, 3.63) is 96.1 Å². The highest BCUT2D eigenvalue weighted by molar-refractivity contribution is 5.94. The van der Waals surface area contributed by atoms with Crippen LogP contribution in [0.2, 0.25) is 0 Å². The second kappa shape index (κ2) is 6.33. The molecule has 0 saturated carbocycles. The van der Waals surface area contributed by atoms with Gasteiger partial charge in [0.2, 0.25) is 0 Å². The van der Waals surface area contributed by atoms with Crippen LogP contribution in [0.3, 0.4) is 0 Å². The lowest BCUT2D eigenvalue weighted by molar-refractivity contribution is 1.26. The summed E-state index contributed by atoms with van der Waals surface area (Å²) in [6, 6.07) is 25.3. The van der Waals surface area contributed by atoms with Crippen molar-refractivity contribution in [2.45, 2.75) is 6.42 Å². The molecule has 0 amide bonds. The van der Waals surface area contributed by atoms with Crippen molar-refractivity contribution in [2.75, 3.05) is 5.73 Å². The highest BCUT2D eigenvalue weighted by Gasteiger charge is 2.15. The number of benzene rings is 3. The van der Waals surface area contributed by atoms with Gasteiger partial charge in [-0.2, -0.15) is 0 Å². The number of nitrogen functional groups attached to an aromatic ring is 1. The third-order valence-electron chi connectivity index (χ3n) is 4.69. The minimum Gasteiger partial charge on any atom is -0.385 e. The number of H-pyrrole nitrogens is 1. The summed E-state index contributed by atoms with van der Waals surface area (Å²) in [7, 11) is 0. The second-order valence-corrected chi connectivity index (χ2v) is 6.19. The van der Waals surface area contributed by atoms with Crippen LogP contribution < -0.4 is 5.73 Å². The first kappa shape index (κ1) is 15.3. The molecular formula is C23H20N2. The van der Waals surface area contributed by atoms with Gasteiger partial charge in [0.25, 0.3) is 0 Å². The van der Waals surface area contributed by atoms with Crippen molar-refractivity contribution in [3.8, 4) is 11.1 Å². The molecule has 0 fully saturated rings. The van der Waals surface area contributed by atoms with Gasteiger partial charge in [-0.15, -0.1) is 0 Å². The van der Waals surface area contributed by atoms with E-state index in [0.29, 0.717) is 5.82 Å². The van der Waals surface area contributed by atoms with Crippen molar-refractivity contribution in [1.29, 1.82) is 0 Å². The number of anilines is 1. The number of nitrogens with one attached hydrogen (secondary N) is 1. The van der Waals surface area contributed by atoms with Gasteiger partial charge >= 0.3 is 0 Å². The average molecular weight is 324 g/mol. The quantitative estimate of drug-likeness (QED) is 0.411. The van der Waals surface area contributed by atoms with Gasteiger partial charge in [0, 0.05) is 16.5 Å². The number of aromatic amines is 1. The van der Waals surface area contributed by atoms with E-state index >= 15 is 0 Å². The number of nitrogens with two attached hydrogens (primary N) is 1. The van der Waals surface area contributed by atoms with Gasteiger partial charge in [-0.3, -0.25) is 0 Å². The first-order valence-corrected chi connectivity index (χ1v) is 8.42. The molecule has 3 aromatic carbocycles. The van der Waals surface area contributed by atoms with E-state index in [9.17, 15) is 0 Å². The maximum Gasteiger partial charge on any atom is 0.109 e. The van der Waals surface area contributed by atoms with Crippen molar-refractivity contribution in [1.82, 2.24) is 4.98 Å². The topological polar surface area (TPSA) is 41.8 Å². The van der Waals surface area contributed by atoms with Crippen LogP contribution in [-0.2, 0) is 6.42 Å². The number of hydrogen-bond acceptors (Lipinski definition) is 1. The smallest absolute Gasteiger partial charge is 0.109 e. The Bertz CT molecular complexity index is 1010. The summed E-state index contributed by atoms with van der Waals surface area (Å²) in [5, 5.41) is 1.13. The fraction of sp³-hybridized carbons (Fsp3) is 0.0435. The lowest BCUT2D eigenvalue weighted by atomic mass is 10.1. The highest BCUT2D eigenvalue weighted by atomic mass is 14.8. The molecule has 0 unspecified atom stereocenters. The van der Waals surface area contributed by atoms with E-state index in [1.807, 2.05) is 24.3 Å². The van der Waals surface area contributed by atoms with Gasteiger partial charge in [0.1, 0.15) is 5.82 Å². The average Bonchev–Trinajstić information content (AvgIpc) is 3.18. The molecule has 1 aromatic heterocycles. The molecule has 1 aliphatic rings. The van der Waals surface area contributed by atoms with E-state index in [4.69, 9.17) is 5.73 Å². The summed E-state index contributed by atoms with van der Waals surface area (Å²) in [6.07, 6.45) is 2.88. The zero-order chi connectivity index (χ0) is 17.2. The summed E-state index contributed by atoms with van der Waals surface area (Å²) in [5.41, 5.74) is 13.5. The van der Waals surface area contributed by atoms with Crippen LogP contribution in [0.15, 0.2) is 79.4 Å². The number of rotatable bonds is 1. The van der Waals surface area contributed by atoms with Crippen molar-refractivity contribution in [3.63, 3.8) is 0 Å². The Labute approximate surface area is 147 Å². The van der Waals surface area contributed by atoms with E-state index in [1.165, 1.54) is 22.3 Å². The lowest BCUT2D eigenvalue weighted by Gasteiger charge is -1.98. The Morgan fingerprint density at radius 3 is 2.00 bits per heavy atom. The van der Waals surface area contributed by atoms with Gasteiger partial charge in [0.15, 0.2) is 0 Å². The van der Waals surface area contributed by atoms with Gasteiger partial charge in [-0.05, 0) is 34.7 Å². The molecule has 0 bridgehead atoms. The van der Waals surface area contributed by atoms with Crippen LogP contribution >= 0.6 is 0 Å². The van der Waals surface area contributed by atoms with Crippen LogP contribution in [0.25, 0.3) is 28.1 Å². The zero-order valence-corrected chi connectivity index (χ0v) is 14.0. The summed E-state index contributed by atoms with van der Waals surface area (Å²) in [5.74, 6) is 0.686. The molecule has 2 heteroatoms. The van der Waals surface area contributed by atoms with Crippen LogP contribution in [-0.4, -0.2) is 4.98 Å². The van der Waals surface area contributed by atoms with Gasteiger partial charge in [-0.1, -0.05) is 79.4 Å². The number of hydrogen-bond donors (Lipinski definition) is 2. The Morgan fingerprint density at radius 2 is 1.36 bits per heavy atom. The fourth-order valence-electron chi connectivity index (χ4n) is 3.48. The van der Waals surface area contributed by atoms with E-state index in [-0.39, 0.29) is 0 Å². The van der Waals surface area contributed by atoms with E-state index in [0.717, 1.165) is 22.9 Å². The first-order chi connectivity index (χ1) is 12.3. The van der Waals surface area contributed by atoms with Crippen molar-refractivity contribution in [2.24, 2.45) is 0 Å². The molecule has 1 aliphatic carbocycles. The SMILES string of the molecule is C=Cc1c(N)[nH]c2ccccc12.c1ccc2c(c1)Cc1ccccc1-2. The maximum absolute atomic E-state index is 5.74. The third kappa shape index (κ3) is 2.72. The van der Waals surface area contributed by atoms with Crippen molar-refractivity contribution >= 4 is 22.8 Å². The molecule has 0 aliphatic heterocycles. The largest absolute Gasteiger partial charge is 0.385 e. The van der Waals surface area contributed by atoms with E-state index in [1.54, 1.807) is 6.08 Å². The first-order valence-electron chi connectivity index (χ1n) is 8.42. The molecule has 122 valence electrons. The minimum absolute atomic E-state index is 0.686. The Morgan fingerprint density at radius 1 is 0.800 bits per heavy atom. The van der Waals surface area contributed by atoms with E-state index < -0.39 is 0 Å². The summed E-state index contributed by atoms with van der Waals surface area (Å²) >= 11 is 0. The molecule has 2 nitrogen and oxygen atoms in total. The number of aromatic nitrogens is 1. The molecule has 0 saturated heterocycles. The fourth-order valence-corrected chi connectivity index (χ4v) is 3.48. The molecule has 0 radical (unpaired) electrons. The predicted molar refractivity (Wildman–Crippen MR) is 107 cm³/mol. The molecule has 5 rings (SSSR count). The molecule has 0 spiro atoms. The monoisotopic (exact) mass is 324 g/mol. The van der Waals surface area contributed by atoms with Crippen LogP contribution in [0.4, 0.5) is 5.82 Å². The highest BCUT2D eigenvalue weighted by Crippen LogP contribution is 2.35. The molecule has 0 atom stereocenters.